The standard InChI is InChI=1S/C14H13BrN2O3/c1-19-14(18)12-5-3-10(16)6-13(12)20-8-11-4-2-9(15)7-17-11/h2-7H,8,16H2,1H3. The summed E-state index contributed by atoms with van der Waals surface area (Å²) in [6.45, 7) is 0.237. The number of nitrogens with zero attached hydrogens (tertiary/aromatic N) is 1. The van der Waals surface area contributed by atoms with E-state index in [-0.39, 0.29) is 6.61 Å². The van der Waals surface area contributed by atoms with Crippen molar-refractivity contribution in [2.45, 2.75) is 6.61 Å². The second-order valence-electron chi connectivity index (χ2n) is 4.00. The zero-order valence-electron chi connectivity index (χ0n) is 10.8. The average molecular weight is 337 g/mol. The SMILES string of the molecule is COC(=O)c1ccc(N)cc1OCc1ccc(Br)cn1. The van der Waals surface area contributed by atoms with Gasteiger partial charge in [-0.3, -0.25) is 4.98 Å². The van der Waals surface area contributed by atoms with E-state index in [1.54, 1.807) is 24.4 Å². The zero-order valence-corrected chi connectivity index (χ0v) is 12.4. The zero-order chi connectivity index (χ0) is 14.5. The van der Waals surface area contributed by atoms with Gasteiger partial charge in [-0.05, 0) is 40.2 Å². The number of halogens is 1. The Kier molecular flexibility index (Phi) is 4.57. The molecule has 0 amide bonds. The molecule has 2 rings (SSSR count). The molecule has 0 saturated carbocycles. The van der Waals surface area contributed by atoms with E-state index in [4.69, 9.17) is 15.2 Å². The molecule has 0 spiro atoms. The predicted octanol–water partition coefficient (Wildman–Crippen LogP) is 2.79. The van der Waals surface area contributed by atoms with Gasteiger partial charge in [-0.1, -0.05) is 0 Å². The molecule has 0 aliphatic carbocycles. The molecule has 1 aromatic carbocycles. The number of rotatable bonds is 4. The molecule has 1 heterocycles. The van der Waals surface area contributed by atoms with Crippen LogP contribution in [-0.4, -0.2) is 18.1 Å². The van der Waals surface area contributed by atoms with Crippen molar-refractivity contribution >= 4 is 27.6 Å². The minimum Gasteiger partial charge on any atom is -0.486 e. The van der Waals surface area contributed by atoms with Crippen molar-refractivity contribution in [3.63, 3.8) is 0 Å². The van der Waals surface area contributed by atoms with Crippen molar-refractivity contribution in [3.05, 3.63) is 52.3 Å². The molecule has 0 fully saturated rings. The number of esters is 1. The van der Waals surface area contributed by atoms with Gasteiger partial charge >= 0.3 is 5.97 Å². The van der Waals surface area contributed by atoms with Crippen molar-refractivity contribution in [3.8, 4) is 5.75 Å². The van der Waals surface area contributed by atoms with Crippen LogP contribution < -0.4 is 10.5 Å². The summed E-state index contributed by atoms with van der Waals surface area (Å²) in [7, 11) is 1.32. The van der Waals surface area contributed by atoms with Crippen LogP contribution in [0.25, 0.3) is 0 Å². The first-order valence-electron chi connectivity index (χ1n) is 5.81. The molecule has 0 radical (unpaired) electrons. The fourth-order valence-corrected chi connectivity index (χ4v) is 1.81. The highest BCUT2D eigenvalue weighted by molar-refractivity contribution is 9.10. The third-order valence-electron chi connectivity index (χ3n) is 2.58. The molecule has 0 saturated heterocycles. The van der Waals surface area contributed by atoms with Crippen LogP contribution in [0.15, 0.2) is 41.0 Å². The van der Waals surface area contributed by atoms with Crippen LogP contribution in [0.4, 0.5) is 5.69 Å². The highest BCUT2D eigenvalue weighted by Crippen LogP contribution is 2.23. The van der Waals surface area contributed by atoms with Gasteiger partial charge in [-0.15, -0.1) is 0 Å². The average Bonchev–Trinajstić information content (AvgIpc) is 2.46. The lowest BCUT2D eigenvalue weighted by Gasteiger charge is -2.10. The Morgan fingerprint density at radius 2 is 2.15 bits per heavy atom. The molecular weight excluding hydrogens is 324 g/mol. The van der Waals surface area contributed by atoms with Crippen LogP contribution in [0.3, 0.4) is 0 Å². The van der Waals surface area contributed by atoms with Crippen molar-refractivity contribution < 1.29 is 14.3 Å². The number of ether oxygens (including phenoxy) is 2. The summed E-state index contributed by atoms with van der Waals surface area (Å²) in [6, 6.07) is 8.48. The maximum Gasteiger partial charge on any atom is 0.341 e. The number of nitrogen functional groups attached to an aromatic ring is 1. The molecule has 0 bridgehead atoms. The first kappa shape index (κ1) is 14.3. The van der Waals surface area contributed by atoms with Crippen molar-refractivity contribution in [1.82, 2.24) is 4.98 Å². The van der Waals surface area contributed by atoms with Crippen LogP contribution >= 0.6 is 15.9 Å². The molecule has 2 aromatic rings. The third kappa shape index (κ3) is 3.48. The molecule has 1 aromatic heterocycles. The fraction of sp³-hybridized carbons (Fsp3) is 0.143. The fourth-order valence-electron chi connectivity index (χ4n) is 1.58. The first-order chi connectivity index (χ1) is 9.60. The molecule has 0 aliphatic heterocycles. The summed E-state index contributed by atoms with van der Waals surface area (Å²) >= 11 is 3.31. The highest BCUT2D eigenvalue weighted by atomic mass is 79.9. The lowest BCUT2D eigenvalue weighted by Crippen LogP contribution is -2.07. The topological polar surface area (TPSA) is 74.4 Å². The summed E-state index contributed by atoms with van der Waals surface area (Å²) in [5.41, 5.74) is 7.29. The Bertz CT molecular complexity index is 614. The van der Waals surface area contributed by atoms with Crippen LogP contribution in [0.1, 0.15) is 16.1 Å². The number of benzene rings is 1. The maximum atomic E-state index is 11.6. The first-order valence-corrected chi connectivity index (χ1v) is 6.60. The Morgan fingerprint density at radius 3 is 2.80 bits per heavy atom. The van der Waals surface area contributed by atoms with E-state index in [0.29, 0.717) is 17.0 Å². The van der Waals surface area contributed by atoms with Gasteiger partial charge in [0.1, 0.15) is 17.9 Å². The minimum absolute atomic E-state index is 0.237. The lowest BCUT2D eigenvalue weighted by atomic mass is 10.2. The van der Waals surface area contributed by atoms with Crippen LogP contribution in [-0.2, 0) is 11.3 Å². The summed E-state index contributed by atoms with van der Waals surface area (Å²) in [4.78, 5) is 15.8. The Labute approximate surface area is 124 Å². The van der Waals surface area contributed by atoms with Gasteiger partial charge in [0.25, 0.3) is 0 Å². The van der Waals surface area contributed by atoms with E-state index in [1.165, 1.54) is 7.11 Å². The molecule has 5 nitrogen and oxygen atoms in total. The number of carbonyl (C=O) groups excluding carboxylic acids is 1. The summed E-state index contributed by atoms with van der Waals surface area (Å²) < 4.78 is 11.2. The van der Waals surface area contributed by atoms with E-state index in [2.05, 4.69) is 20.9 Å². The monoisotopic (exact) mass is 336 g/mol. The number of aromatic nitrogens is 1. The summed E-state index contributed by atoms with van der Waals surface area (Å²) in [5.74, 6) is -0.0923. The third-order valence-corrected chi connectivity index (χ3v) is 3.04. The van der Waals surface area contributed by atoms with E-state index in [0.717, 1.165) is 10.2 Å². The largest absolute Gasteiger partial charge is 0.486 e. The quantitative estimate of drug-likeness (QED) is 0.686. The molecule has 104 valence electrons. The van der Waals surface area contributed by atoms with E-state index < -0.39 is 5.97 Å². The van der Waals surface area contributed by atoms with Crippen molar-refractivity contribution in [2.75, 3.05) is 12.8 Å². The second-order valence-corrected chi connectivity index (χ2v) is 4.92. The van der Waals surface area contributed by atoms with Gasteiger partial charge in [0.05, 0.1) is 12.8 Å². The highest BCUT2D eigenvalue weighted by Gasteiger charge is 2.13. The van der Waals surface area contributed by atoms with Gasteiger partial charge in [-0.2, -0.15) is 0 Å². The molecule has 6 heteroatoms. The number of methoxy groups -OCH3 is 1. The molecule has 0 aliphatic rings. The number of anilines is 1. The number of hydrogen-bond acceptors (Lipinski definition) is 5. The van der Waals surface area contributed by atoms with E-state index in [1.807, 2.05) is 12.1 Å². The van der Waals surface area contributed by atoms with E-state index in [9.17, 15) is 4.79 Å². The summed E-state index contributed by atoms with van der Waals surface area (Å²) in [6.07, 6.45) is 1.68. The molecule has 20 heavy (non-hydrogen) atoms. The lowest BCUT2D eigenvalue weighted by molar-refractivity contribution is 0.0595. The van der Waals surface area contributed by atoms with Crippen LogP contribution in [0.5, 0.6) is 5.75 Å². The van der Waals surface area contributed by atoms with Gasteiger partial charge in [-0.25, -0.2) is 4.79 Å². The Hall–Kier alpha value is -2.08. The van der Waals surface area contributed by atoms with E-state index >= 15 is 0 Å². The second kappa shape index (κ2) is 6.38. The Morgan fingerprint density at radius 1 is 1.35 bits per heavy atom. The minimum atomic E-state index is -0.469. The van der Waals surface area contributed by atoms with Crippen molar-refractivity contribution in [1.29, 1.82) is 0 Å². The van der Waals surface area contributed by atoms with Gasteiger partial charge < -0.3 is 15.2 Å². The van der Waals surface area contributed by atoms with Gasteiger partial charge in [0.15, 0.2) is 0 Å². The maximum absolute atomic E-state index is 11.6. The number of pyridine rings is 1. The molecule has 2 N–H and O–H groups in total. The van der Waals surface area contributed by atoms with Crippen LogP contribution in [0.2, 0.25) is 0 Å². The van der Waals surface area contributed by atoms with Gasteiger partial charge in [0.2, 0.25) is 0 Å². The number of hydrogen-bond donors (Lipinski definition) is 1. The molecule has 0 atom stereocenters. The normalized spacial score (nSPS) is 10.1. The molecular formula is C14H13BrN2O3. The smallest absolute Gasteiger partial charge is 0.341 e. The number of carbonyl (C=O) groups is 1. The number of nitrogens with two attached hydrogens (primary N) is 1. The Balaban J connectivity index is 2.17. The summed E-state index contributed by atoms with van der Waals surface area (Å²) in [5, 5.41) is 0. The molecule has 0 unspecified atom stereocenters. The van der Waals surface area contributed by atoms with Gasteiger partial charge in [0, 0.05) is 22.4 Å². The predicted molar refractivity (Wildman–Crippen MR) is 78.5 cm³/mol. The van der Waals surface area contributed by atoms with Crippen molar-refractivity contribution in [2.24, 2.45) is 0 Å². The van der Waals surface area contributed by atoms with Crippen LogP contribution in [0, 0.1) is 0 Å².